The highest BCUT2D eigenvalue weighted by Gasteiger charge is 1.98. The van der Waals surface area contributed by atoms with Crippen molar-refractivity contribution in [2.45, 2.75) is 0 Å². The first kappa shape index (κ1) is 12.0. The van der Waals surface area contributed by atoms with Gasteiger partial charge in [-0.05, 0) is 0 Å². The lowest BCUT2D eigenvalue weighted by atomic mass is 10.5. The fourth-order valence-electron chi connectivity index (χ4n) is 0.598. The van der Waals surface area contributed by atoms with Gasteiger partial charge in [-0.1, -0.05) is 0 Å². The lowest BCUT2D eigenvalue weighted by molar-refractivity contribution is -0.421. The van der Waals surface area contributed by atoms with Gasteiger partial charge in [-0.3, -0.25) is 0 Å². The summed E-state index contributed by atoms with van der Waals surface area (Å²) in [6.07, 6.45) is 6.21. The molecule has 0 unspecified atom stereocenters. The van der Waals surface area contributed by atoms with Crippen molar-refractivity contribution in [1.82, 2.24) is 4.90 Å². The Morgan fingerprint density at radius 3 is 2.31 bits per heavy atom. The zero-order valence-corrected chi connectivity index (χ0v) is 8.16. The van der Waals surface area contributed by atoms with Crippen molar-refractivity contribution in [2.24, 2.45) is 0 Å². The van der Waals surface area contributed by atoms with Crippen molar-refractivity contribution in [1.29, 1.82) is 0 Å². The lowest BCUT2D eigenvalue weighted by Crippen LogP contribution is -2.21. The average molecular weight is 210 g/mol. The van der Waals surface area contributed by atoms with Crippen LogP contribution < -0.4 is 0 Å². The normalized spacial score (nSPS) is 16.0. The maximum absolute atomic E-state index is 10.1. The van der Waals surface area contributed by atoms with Crippen molar-refractivity contribution in [3.05, 3.63) is 12.4 Å². The van der Waals surface area contributed by atoms with Crippen LogP contribution in [0.4, 0.5) is 3.89 Å². The fraction of sp³-hybridized carbons (Fsp3) is 0.500. The lowest BCUT2D eigenvalue weighted by Gasteiger charge is -2.10. The quantitative estimate of drug-likeness (QED) is 0.308. The molecule has 0 spiro atoms. The summed E-state index contributed by atoms with van der Waals surface area (Å²) in [5, 5.41) is 0. The number of hydrogen-bond acceptors (Lipinski definition) is 4. The predicted octanol–water partition coefficient (Wildman–Crippen LogP) is -0.468. The van der Waals surface area contributed by atoms with E-state index in [1.807, 2.05) is 13.2 Å². The van der Waals surface area contributed by atoms with Gasteiger partial charge in [0.15, 0.2) is 12.4 Å². The van der Waals surface area contributed by atoms with E-state index in [-0.39, 0.29) is 0 Å². The summed E-state index contributed by atoms with van der Waals surface area (Å²) < 4.78 is 37.4. The Hall–Kier alpha value is -0.950. The van der Waals surface area contributed by atoms with Crippen LogP contribution in [0.25, 0.3) is 0 Å². The van der Waals surface area contributed by atoms with E-state index < -0.39 is 10.5 Å². The first-order valence-electron chi connectivity index (χ1n) is 3.38. The zero-order valence-electron chi connectivity index (χ0n) is 7.34. The maximum Gasteiger partial charge on any atom is 0.255 e. The highest BCUT2D eigenvalue weighted by atomic mass is 32.3. The standard InChI is InChI=1S/C6H11N2.FHO3S/c1-7-3-5-8(2)6-4-7;1-5(2,3)4/h3-5H,6H2,1-2H3;(H,2,3,4)/q+1;/p-1. The molecule has 1 aliphatic rings. The molecule has 0 bridgehead atoms. The smallest absolute Gasteiger partial charge is 0.255 e. The number of halogens is 1. The molecule has 0 N–H and O–H groups in total. The van der Waals surface area contributed by atoms with Gasteiger partial charge in [0.1, 0.15) is 7.05 Å². The van der Waals surface area contributed by atoms with Crippen LogP contribution in [-0.2, 0) is 10.5 Å². The summed E-state index contributed by atoms with van der Waals surface area (Å²) in [7, 11) is -1.33. The van der Waals surface area contributed by atoms with E-state index in [9.17, 15) is 3.89 Å². The van der Waals surface area contributed by atoms with Gasteiger partial charge in [-0.15, -0.1) is 3.89 Å². The molecule has 0 aliphatic carbocycles. The van der Waals surface area contributed by atoms with Crippen LogP contribution in [0.15, 0.2) is 12.4 Å². The Labute approximate surface area is 76.8 Å². The minimum Gasteiger partial charge on any atom is -0.722 e. The molecule has 0 aromatic heterocycles. The summed E-state index contributed by atoms with van der Waals surface area (Å²) in [4.78, 5) is 2.12. The summed E-state index contributed by atoms with van der Waals surface area (Å²) in [6.45, 7) is 1.02. The summed E-state index contributed by atoms with van der Waals surface area (Å²) in [5.74, 6) is 0. The Morgan fingerprint density at radius 1 is 1.62 bits per heavy atom. The topological polar surface area (TPSA) is 63.5 Å². The average Bonchev–Trinajstić information content (AvgIpc) is 1.92. The molecule has 1 aliphatic heterocycles. The van der Waals surface area contributed by atoms with E-state index in [4.69, 9.17) is 13.0 Å². The van der Waals surface area contributed by atoms with Crippen molar-refractivity contribution in [3.63, 3.8) is 0 Å². The van der Waals surface area contributed by atoms with Crippen LogP contribution >= 0.6 is 0 Å². The van der Waals surface area contributed by atoms with E-state index in [0.717, 1.165) is 6.54 Å². The highest BCUT2D eigenvalue weighted by Crippen LogP contribution is 1.86. The van der Waals surface area contributed by atoms with Crippen LogP contribution in [0.3, 0.4) is 0 Å². The van der Waals surface area contributed by atoms with Gasteiger partial charge in [0.2, 0.25) is 0 Å². The molecule has 1 heterocycles. The van der Waals surface area contributed by atoms with Crippen LogP contribution in [0.5, 0.6) is 0 Å². The Kier molecular flexibility index (Phi) is 4.57. The van der Waals surface area contributed by atoms with Gasteiger partial charge >= 0.3 is 0 Å². The van der Waals surface area contributed by atoms with Crippen molar-refractivity contribution in [3.8, 4) is 0 Å². The predicted molar refractivity (Wildman–Crippen MR) is 44.8 cm³/mol. The van der Waals surface area contributed by atoms with E-state index >= 15 is 0 Å². The first-order chi connectivity index (χ1) is 5.79. The minimum absolute atomic E-state index is 1.02. The van der Waals surface area contributed by atoms with Gasteiger partial charge in [0.25, 0.3) is 10.5 Å². The van der Waals surface area contributed by atoms with Gasteiger partial charge in [-0.2, -0.15) is 0 Å². The minimum atomic E-state index is -5.42. The Balaban J connectivity index is 0.000000252. The molecule has 0 aromatic rings. The fourth-order valence-corrected chi connectivity index (χ4v) is 0.598. The summed E-state index contributed by atoms with van der Waals surface area (Å²) in [5.41, 5.74) is 0. The van der Waals surface area contributed by atoms with Gasteiger partial charge in [0, 0.05) is 7.05 Å². The van der Waals surface area contributed by atoms with Crippen LogP contribution in [-0.4, -0.2) is 49.3 Å². The third kappa shape index (κ3) is 11.0. The number of nitrogens with zero attached hydrogens (tertiary/aromatic N) is 2. The van der Waals surface area contributed by atoms with Crippen LogP contribution in [0.2, 0.25) is 0 Å². The molecule has 0 amide bonds. The largest absolute Gasteiger partial charge is 0.722 e. The van der Waals surface area contributed by atoms with E-state index in [1.54, 1.807) is 0 Å². The van der Waals surface area contributed by atoms with Crippen LogP contribution in [0.1, 0.15) is 0 Å². The molecular weight excluding hydrogens is 199 g/mol. The highest BCUT2D eigenvalue weighted by molar-refractivity contribution is 7.80. The Bertz CT molecular complexity index is 302. The molecule has 0 fully saturated rings. The van der Waals surface area contributed by atoms with E-state index in [2.05, 4.69) is 28.9 Å². The Morgan fingerprint density at radius 2 is 2.08 bits per heavy atom. The molecule has 0 saturated heterocycles. The summed E-state index contributed by atoms with van der Waals surface area (Å²) >= 11 is 0. The number of rotatable bonds is 0. The van der Waals surface area contributed by atoms with Gasteiger partial charge in [-0.25, -0.2) is 13.0 Å². The third-order valence-electron chi connectivity index (χ3n) is 1.21. The molecule has 0 saturated carbocycles. The molecule has 1 rings (SSSR count). The molecule has 7 heteroatoms. The SMILES string of the molecule is CN1C=C[N+](C)=CC1.O=S(=O)([O-])F. The van der Waals surface area contributed by atoms with Crippen molar-refractivity contribution >= 4 is 16.7 Å². The van der Waals surface area contributed by atoms with Crippen molar-refractivity contribution < 1.29 is 21.4 Å². The third-order valence-corrected chi connectivity index (χ3v) is 1.21. The molecule has 13 heavy (non-hydrogen) atoms. The monoisotopic (exact) mass is 210 g/mol. The molecule has 0 atom stereocenters. The van der Waals surface area contributed by atoms with Gasteiger partial charge in [0.05, 0.1) is 12.7 Å². The van der Waals surface area contributed by atoms with Gasteiger partial charge < -0.3 is 9.45 Å². The second kappa shape index (κ2) is 4.93. The second-order valence-corrected chi connectivity index (χ2v) is 3.27. The molecule has 0 radical (unpaired) electrons. The second-order valence-electron chi connectivity index (χ2n) is 2.48. The van der Waals surface area contributed by atoms with E-state index in [0.29, 0.717) is 0 Å². The first-order valence-corrected chi connectivity index (χ1v) is 4.69. The van der Waals surface area contributed by atoms with Crippen molar-refractivity contribution in [2.75, 3.05) is 20.6 Å². The van der Waals surface area contributed by atoms with Crippen LogP contribution in [0, 0.1) is 0 Å². The molecular formula is C6H11FN2O3S. The molecule has 5 nitrogen and oxygen atoms in total. The molecule has 76 valence electrons. The molecule has 0 aromatic carbocycles. The van der Waals surface area contributed by atoms with E-state index in [1.165, 1.54) is 0 Å². The summed E-state index contributed by atoms with van der Waals surface area (Å²) in [6, 6.07) is 0. The zero-order chi connectivity index (χ0) is 10.5. The maximum atomic E-state index is 10.1. The number of hydrogen-bond donors (Lipinski definition) is 0.